The number of hydrogen-bond acceptors (Lipinski definition) is 1. The topological polar surface area (TPSA) is 23.9 Å². The van der Waals surface area contributed by atoms with Crippen LogP contribution in [0.3, 0.4) is 0 Å². The highest BCUT2D eigenvalue weighted by molar-refractivity contribution is 8.32. The second-order valence-corrected chi connectivity index (χ2v) is 6.98. The van der Waals surface area contributed by atoms with Crippen molar-refractivity contribution < 1.29 is 0 Å². The third-order valence-electron chi connectivity index (χ3n) is 0.583. The molecule has 44 valence electrons. The second-order valence-electron chi connectivity index (χ2n) is 2.46. The zero-order valence-corrected chi connectivity index (χ0v) is 6.01. The fourth-order valence-corrected chi connectivity index (χ4v) is 0.750. The summed E-state index contributed by atoms with van der Waals surface area (Å²) in [6.45, 7) is 0. The Bertz CT molecular complexity index is 63.0. The molecule has 0 amide bonds. The number of nitrogens with one attached hydrogen (secondary N) is 1. The van der Waals surface area contributed by atoms with Gasteiger partial charge in [0.2, 0.25) is 0 Å². The molecule has 0 aliphatic heterocycles. The van der Waals surface area contributed by atoms with Crippen molar-refractivity contribution in [2.45, 2.75) is 0 Å². The van der Waals surface area contributed by atoms with Crippen molar-refractivity contribution in [3.8, 4) is 0 Å². The molecule has 0 spiro atoms. The van der Waals surface area contributed by atoms with Crippen molar-refractivity contribution in [3.05, 3.63) is 0 Å². The van der Waals surface area contributed by atoms with Gasteiger partial charge in [-0.05, 0) is 18.8 Å². The first kappa shape index (κ1) is 7.02. The summed E-state index contributed by atoms with van der Waals surface area (Å²) in [6.07, 6.45) is 8.11. The zero-order chi connectivity index (χ0) is 5.91. The lowest BCUT2D eigenvalue weighted by Crippen LogP contribution is -1.97. The Morgan fingerprint density at radius 3 is 1.86 bits per heavy atom. The van der Waals surface area contributed by atoms with Gasteiger partial charge in [-0.2, -0.15) is 0 Å². The number of rotatable bonds is 2. The van der Waals surface area contributed by atoms with Crippen molar-refractivity contribution in [2.24, 2.45) is 0 Å². The van der Waals surface area contributed by atoms with Gasteiger partial charge in [-0.1, -0.05) is 0 Å². The van der Waals surface area contributed by atoms with E-state index in [9.17, 15) is 0 Å². The van der Waals surface area contributed by atoms with E-state index in [1.54, 1.807) is 0 Å². The van der Waals surface area contributed by atoms with Crippen LogP contribution in [0, 0.1) is 5.41 Å². The van der Waals surface area contributed by atoms with Crippen LogP contribution in [0.2, 0.25) is 0 Å². The second kappa shape index (κ2) is 2.36. The predicted octanol–water partition coefficient (Wildman–Crippen LogP) is 1.33. The minimum Gasteiger partial charge on any atom is -0.312 e. The van der Waals surface area contributed by atoms with Crippen molar-refractivity contribution >= 4 is 16.2 Å². The van der Waals surface area contributed by atoms with Gasteiger partial charge < -0.3 is 5.41 Å². The first-order chi connectivity index (χ1) is 3.06. The van der Waals surface area contributed by atoms with Gasteiger partial charge >= 0.3 is 0 Å². The molecule has 0 radical (unpaired) electrons. The molecule has 7 heavy (non-hydrogen) atoms. The molecule has 0 atom stereocenters. The zero-order valence-electron chi connectivity index (χ0n) is 5.19. The third-order valence-corrected chi connectivity index (χ3v) is 1.75. The lowest BCUT2D eigenvalue weighted by molar-refractivity contribution is 1.55. The van der Waals surface area contributed by atoms with Gasteiger partial charge in [0.15, 0.2) is 0 Å². The molecular formula is C5H13NS. The van der Waals surface area contributed by atoms with Crippen LogP contribution in [0.4, 0.5) is 0 Å². The van der Waals surface area contributed by atoms with Crippen molar-refractivity contribution in [3.63, 3.8) is 0 Å². The van der Waals surface area contributed by atoms with Crippen molar-refractivity contribution in [1.29, 1.82) is 5.41 Å². The first-order valence-electron chi connectivity index (χ1n) is 2.21. The van der Waals surface area contributed by atoms with E-state index in [1.807, 2.05) is 0 Å². The molecule has 0 aliphatic carbocycles. The molecule has 0 heterocycles. The Kier molecular flexibility index (Phi) is 2.37. The van der Waals surface area contributed by atoms with E-state index in [4.69, 9.17) is 5.41 Å². The SMILES string of the molecule is CS(C)(C)CC=N. The molecule has 0 saturated carbocycles. The standard InChI is InChI=1S/C5H13NS/c1-7(2,3)5-4-6/h4,6H,5H2,1-3H3. The van der Waals surface area contributed by atoms with E-state index in [-0.39, 0.29) is 0 Å². The minimum atomic E-state index is -0.417. The van der Waals surface area contributed by atoms with E-state index in [0.717, 1.165) is 5.75 Å². The van der Waals surface area contributed by atoms with Crippen LogP contribution in [-0.2, 0) is 0 Å². The summed E-state index contributed by atoms with van der Waals surface area (Å²) >= 11 is 0. The monoisotopic (exact) mass is 119 g/mol. The molecule has 0 aromatic carbocycles. The molecule has 0 aliphatic rings. The lowest BCUT2D eigenvalue weighted by Gasteiger charge is -2.21. The molecule has 0 bridgehead atoms. The maximum Gasteiger partial charge on any atom is 0.0115 e. The molecule has 0 aromatic heterocycles. The fraction of sp³-hybridized carbons (Fsp3) is 0.800. The van der Waals surface area contributed by atoms with Crippen LogP contribution >= 0.6 is 10.0 Å². The van der Waals surface area contributed by atoms with Crippen LogP contribution in [0.25, 0.3) is 0 Å². The van der Waals surface area contributed by atoms with E-state index in [1.165, 1.54) is 6.21 Å². The molecule has 1 nitrogen and oxygen atoms in total. The highest BCUT2D eigenvalue weighted by atomic mass is 32.3. The molecule has 1 N–H and O–H groups in total. The van der Waals surface area contributed by atoms with Gasteiger partial charge in [-0.3, -0.25) is 0 Å². The van der Waals surface area contributed by atoms with E-state index in [0.29, 0.717) is 0 Å². The van der Waals surface area contributed by atoms with Gasteiger partial charge in [0.25, 0.3) is 0 Å². The van der Waals surface area contributed by atoms with Crippen LogP contribution in [0.15, 0.2) is 0 Å². The summed E-state index contributed by atoms with van der Waals surface area (Å²) < 4.78 is 0. The quantitative estimate of drug-likeness (QED) is 0.530. The maximum absolute atomic E-state index is 6.75. The van der Waals surface area contributed by atoms with Crippen molar-refractivity contribution in [2.75, 3.05) is 24.5 Å². The molecule has 0 fully saturated rings. The summed E-state index contributed by atoms with van der Waals surface area (Å²) in [7, 11) is -0.417. The number of hydrogen-bond donors (Lipinski definition) is 1. The van der Waals surface area contributed by atoms with E-state index < -0.39 is 10.0 Å². The summed E-state index contributed by atoms with van der Waals surface area (Å²) in [4.78, 5) is 0. The van der Waals surface area contributed by atoms with Crippen LogP contribution < -0.4 is 0 Å². The van der Waals surface area contributed by atoms with Crippen molar-refractivity contribution in [1.82, 2.24) is 0 Å². The van der Waals surface area contributed by atoms with E-state index >= 15 is 0 Å². The van der Waals surface area contributed by atoms with Gasteiger partial charge in [0, 0.05) is 12.0 Å². The summed E-state index contributed by atoms with van der Waals surface area (Å²) in [5, 5.41) is 6.75. The predicted molar refractivity (Wildman–Crippen MR) is 39.0 cm³/mol. The minimum absolute atomic E-state index is 0.417. The van der Waals surface area contributed by atoms with Gasteiger partial charge in [-0.25, -0.2) is 10.0 Å². The van der Waals surface area contributed by atoms with Crippen LogP contribution in [0.5, 0.6) is 0 Å². The summed E-state index contributed by atoms with van der Waals surface area (Å²) in [5.74, 6) is 0.965. The molecule has 2 heteroatoms. The Morgan fingerprint density at radius 1 is 1.43 bits per heavy atom. The van der Waals surface area contributed by atoms with Gasteiger partial charge in [-0.15, -0.1) is 0 Å². The van der Waals surface area contributed by atoms with Crippen LogP contribution in [-0.4, -0.2) is 30.7 Å². The van der Waals surface area contributed by atoms with E-state index in [2.05, 4.69) is 18.8 Å². The maximum atomic E-state index is 6.75. The molecular weight excluding hydrogens is 106 g/mol. The fourth-order valence-electron chi connectivity index (χ4n) is 0.250. The Labute approximate surface area is 46.9 Å². The summed E-state index contributed by atoms with van der Waals surface area (Å²) in [5.41, 5.74) is 0. The third kappa shape index (κ3) is 6.02. The van der Waals surface area contributed by atoms with Gasteiger partial charge in [0.05, 0.1) is 0 Å². The Balaban J connectivity index is 3.34. The molecule has 0 aromatic rings. The summed E-state index contributed by atoms with van der Waals surface area (Å²) in [6, 6.07) is 0. The normalized spacial score (nSPS) is 13.6. The van der Waals surface area contributed by atoms with Gasteiger partial charge in [0.1, 0.15) is 0 Å². The largest absolute Gasteiger partial charge is 0.312 e. The Hall–Kier alpha value is 0.0200. The lowest BCUT2D eigenvalue weighted by atomic mass is 10.9. The molecule has 0 saturated heterocycles. The average Bonchev–Trinajstić information content (AvgIpc) is 1.30. The smallest absolute Gasteiger partial charge is 0.0115 e. The first-order valence-corrected chi connectivity index (χ1v) is 5.24. The highest BCUT2D eigenvalue weighted by Crippen LogP contribution is 2.32. The molecule has 0 rings (SSSR count). The highest BCUT2D eigenvalue weighted by Gasteiger charge is 1.97. The average molecular weight is 119 g/mol. The molecule has 0 unspecified atom stereocenters. The van der Waals surface area contributed by atoms with Crippen LogP contribution in [0.1, 0.15) is 0 Å². The Morgan fingerprint density at radius 2 is 1.86 bits per heavy atom.